The molecule has 1 aromatic heterocycles. The molecule has 0 radical (unpaired) electrons. The van der Waals surface area contributed by atoms with E-state index in [0.717, 1.165) is 15.9 Å². The maximum absolute atomic E-state index is 13.0. The predicted molar refractivity (Wildman–Crippen MR) is 113 cm³/mol. The molecule has 2 amide bonds. The van der Waals surface area contributed by atoms with Crippen molar-refractivity contribution in [1.29, 1.82) is 0 Å². The highest BCUT2D eigenvalue weighted by atomic mass is 79.9. The minimum Gasteiger partial charge on any atom is -0.332 e. The molecule has 0 spiro atoms. The van der Waals surface area contributed by atoms with Crippen molar-refractivity contribution in [1.82, 2.24) is 14.7 Å². The number of hydrogen-bond acceptors (Lipinski definition) is 3. The summed E-state index contributed by atoms with van der Waals surface area (Å²) in [6.45, 7) is 3.60. The van der Waals surface area contributed by atoms with Gasteiger partial charge >= 0.3 is 0 Å². The van der Waals surface area contributed by atoms with Crippen LogP contribution in [0.5, 0.6) is 0 Å². The first-order valence-corrected chi connectivity index (χ1v) is 9.59. The van der Waals surface area contributed by atoms with Crippen molar-refractivity contribution in [2.45, 2.75) is 13.8 Å². The summed E-state index contributed by atoms with van der Waals surface area (Å²) in [6, 6.07) is 17.0. The van der Waals surface area contributed by atoms with Crippen LogP contribution in [0.15, 0.2) is 59.1 Å². The SMILES string of the molecule is Cc1nn(-c2ccccc2)c(C)c1C(=O)N(C)CC(=O)Nc1ccccc1Br. The van der Waals surface area contributed by atoms with Gasteiger partial charge in [-0.3, -0.25) is 9.59 Å². The van der Waals surface area contributed by atoms with Gasteiger partial charge in [-0.2, -0.15) is 5.10 Å². The topological polar surface area (TPSA) is 67.2 Å². The fourth-order valence-electron chi connectivity index (χ4n) is 3.00. The van der Waals surface area contributed by atoms with E-state index >= 15 is 0 Å². The van der Waals surface area contributed by atoms with Crippen molar-refractivity contribution in [3.8, 4) is 5.69 Å². The van der Waals surface area contributed by atoms with Crippen LogP contribution >= 0.6 is 15.9 Å². The molecule has 144 valence electrons. The zero-order valence-corrected chi connectivity index (χ0v) is 17.5. The Morgan fingerprint density at radius 2 is 1.71 bits per heavy atom. The van der Waals surface area contributed by atoms with Gasteiger partial charge in [0.05, 0.1) is 34.9 Å². The van der Waals surface area contributed by atoms with Gasteiger partial charge in [0.15, 0.2) is 0 Å². The summed E-state index contributed by atoms with van der Waals surface area (Å²) in [6.07, 6.45) is 0. The lowest BCUT2D eigenvalue weighted by molar-refractivity contribution is -0.116. The van der Waals surface area contributed by atoms with Gasteiger partial charge in [-0.25, -0.2) is 4.68 Å². The highest BCUT2D eigenvalue weighted by molar-refractivity contribution is 9.10. The summed E-state index contributed by atoms with van der Waals surface area (Å²) in [5.41, 5.74) is 3.44. The fraction of sp³-hybridized carbons (Fsp3) is 0.190. The van der Waals surface area contributed by atoms with Gasteiger partial charge in [-0.15, -0.1) is 0 Å². The Morgan fingerprint density at radius 3 is 2.39 bits per heavy atom. The maximum atomic E-state index is 13.0. The monoisotopic (exact) mass is 440 g/mol. The molecule has 28 heavy (non-hydrogen) atoms. The van der Waals surface area contributed by atoms with Crippen molar-refractivity contribution in [3.05, 3.63) is 76.0 Å². The third-order valence-electron chi connectivity index (χ3n) is 4.38. The van der Waals surface area contributed by atoms with Gasteiger partial charge in [-0.05, 0) is 54.0 Å². The van der Waals surface area contributed by atoms with Crippen LogP contribution in [-0.2, 0) is 4.79 Å². The molecule has 7 heteroatoms. The Hall–Kier alpha value is -2.93. The van der Waals surface area contributed by atoms with Crippen LogP contribution in [0.3, 0.4) is 0 Å². The molecule has 0 saturated carbocycles. The molecule has 0 bridgehead atoms. The lowest BCUT2D eigenvalue weighted by Crippen LogP contribution is -2.35. The zero-order chi connectivity index (χ0) is 20.3. The Labute approximate surface area is 172 Å². The molecule has 1 N–H and O–H groups in total. The van der Waals surface area contributed by atoms with Crippen molar-refractivity contribution in [2.75, 3.05) is 18.9 Å². The number of rotatable bonds is 5. The standard InChI is InChI=1S/C21H21BrN4O2/c1-14-20(15(2)26(24-14)16-9-5-4-6-10-16)21(28)25(3)13-19(27)23-18-12-8-7-11-17(18)22/h4-12H,13H2,1-3H3,(H,23,27). The largest absolute Gasteiger partial charge is 0.332 e. The molecule has 1 heterocycles. The lowest BCUT2D eigenvalue weighted by atomic mass is 10.1. The van der Waals surface area contributed by atoms with E-state index in [2.05, 4.69) is 26.3 Å². The van der Waals surface area contributed by atoms with Crippen molar-refractivity contribution >= 4 is 33.4 Å². The number of carbonyl (C=O) groups excluding carboxylic acids is 2. The number of nitrogens with zero attached hydrogens (tertiary/aromatic N) is 3. The van der Waals surface area contributed by atoms with Gasteiger partial charge in [-0.1, -0.05) is 30.3 Å². The first kappa shape index (κ1) is 19.8. The summed E-state index contributed by atoms with van der Waals surface area (Å²) in [5, 5.41) is 7.31. The van der Waals surface area contributed by atoms with E-state index in [4.69, 9.17) is 0 Å². The Bertz CT molecular complexity index is 1010. The van der Waals surface area contributed by atoms with Crippen LogP contribution in [0.25, 0.3) is 5.69 Å². The normalized spacial score (nSPS) is 10.6. The number of amides is 2. The molecule has 2 aromatic carbocycles. The third-order valence-corrected chi connectivity index (χ3v) is 5.07. The number of hydrogen-bond donors (Lipinski definition) is 1. The molecule has 6 nitrogen and oxygen atoms in total. The number of carbonyl (C=O) groups is 2. The van der Waals surface area contributed by atoms with E-state index in [1.807, 2.05) is 55.5 Å². The lowest BCUT2D eigenvalue weighted by Gasteiger charge is -2.17. The van der Waals surface area contributed by atoms with Gasteiger partial charge in [0, 0.05) is 11.5 Å². The maximum Gasteiger partial charge on any atom is 0.257 e. The van der Waals surface area contributed by atoms with E-state index in [0.29, 0.717) is 16.9 Å². The minimum absolute atomic E-state index is 0.0600. The van der Waals surface area contributed by atoms with E-state index in [1.54, 1.807) is 24.7 Å². The molecule has 0 saturated heterocycles. The molecular weight excluding hydrogens is 420 g/mol. The summed E-state index contributed by atoms with van der Waals surface area (Å²) >= 11 is 3.39. The number of nitrogens with one attached hydrogen (secondary N) is 1. The van der Waals surface area contributed by atoms with Gasteiger partial charge in [0.25, 0.3) is 5.91 Å². The van der Waals surface area contributed by atoms with Crippen LogP contribution in [0.4, 0.5) is 5.69 Å². The number of benzene rings is 2. The van der Waals surface area contributed by atoms with Crippen LogP contribution < -0.4 is 5.32 Å². The quantitative estimate of drug-likeness (QED) is 0.652. The summed E-state index contributed by atoms with van der Waals surface area (Å²) in [4.78, 5) is 26.7. The van der Waals surface area contributed by atoms with E-state index in [1.165, 1.54) is 4.90 Å². The van der Waals surface area contributed by atoms with Crippen LogP contribution in [-0.4, -0.2) is 40.1 Å². The van der Waals surface area contributed by atoms with Crippen molar-refractivity contribution in [3.63, 3.8) is 0 Å². The average Bonchev–Trinajstić information content (AvgIpc) is 2.98. The van der Waals surface area contributed by atoms with Gasteiger partial charge < -0.3 is 10.2 Å². The Morgan fingerprint density at radius 1 is 1.07 bits per heavy atom. The van der Waals surface area contributed by atoms with Crippen LogP contribution in [0.1, 0.15) is 21.7 Å². The third kappa shape index (κ3) is 4.14. The summed E-state index contributed by atoms with van der Waals surface area (Å²) in [5.74, 6) is -0.507. The van der Waals surface area contributed by atoms with Crippen LogP contribution in [0, 0.1) is 13.8 Å². The molecule has 0 unspecified atom stereocenters. The smallest absolute Gasteiger partial charge is 0.257 e. The number of aryl methyl sites for hydroxylation is 1. The second-order valence-electron chi connectivity index (χ2n) is 6.48. The number of anilines is 1. The Kier molecular flexibility index (Phi) is 5.94. The molecule has 3 rings (SSSR count). The number of para-hydroxylation sites is 2. The van der Waals surface area contributed by atoms with Crippen LogP contribution in [0.2, 0.25) is 0 Å². The first-order valence-electron chi connectivity index (χ1n) is 8.80. The van der Waals surface area contributed by atoms with E-state index < -0.39 is 0 Å². The summed E-state index contributed by atoms with van der Waals surface area (Å²) in [7, 11) is 1.61. The number of halogens is 1. The molecule has 0 aliphatic carbocycles. The fourth-order valence-corrected chi connectivity index (χ4v) is 3.39. The van der Waals surface area contributed by atoms with Crippen molar-refractivity contribution < 1.29 is 9.59 Å². The number of likely N-dealkylation sites (N-methyl/N-ethyl adjacent to an activating group) is 1. The van der Waals surface area contributed by atoms with Gasteiger partial charge in [0.2, 0.25) is 5.91 Å². The molecule has 0 atom stereocenters. The predicted octanol–water partition coefficient (Wildman–Crippen LogP) is 3.96. The first-order chi connectivity index (χ1) is 13.4. The second kappa shape index (κ2) is 8.39. The molecular formula is C21H21BrN4O2. The second-order valence-corrected chi connectivity index (χ2v) is 7.34. The van der Waals surface area contributed by atoms with Gasteiger partial charge in [0.1, 0.15) is 0 Å². The van der Waals surface area contributed by atoms with E-state index in [9.17, 15) is 9.59 Å². The van der Waals surface area contributed by atoms with Crippen molar-refractivity contribution in [2.24, 2.45) is 0 Å². The zero-order valence-electron chi connectivity index (χ0n) is 15.9. The molecule has 0 aliphatic heterocycles. The molecule has 3 aromatic rings. The Balaban J connectivity index is 1.76. The molecule has 0 aliphatic rings. The highest BCUT2D eigenvalue weighted by Crippen LogP contribution is 2.22. The molecule has 0 fully saturated rings. The minimum atomic E-state index is -0.270. The number of aromatic nitrogens is 2. The highest BCUT2D eigenvalue weighted by Gasteiger charge is 2.23. The average molecular weight is 441 g/mol. The summed E-state index contributed by atoms with van der Waals surface area (Å²) < 4.78 is 2.53. The van der Waals surface area contributed by atoms with E-state index in [-0.39, 0.29) is 18.4 Å².